The van der Waals surface area contributed by atoms with Crippen molar-refractivity contribution in [3.8, 4) is 5.75 Å². The maximum atomic E-state index is 12.2. The van der Waals surface area contributed by atoms with Gasteiger partial charge in [0.05, 0.1) is 5.69 Å². The van der Waals surface area contributed by atoms with Crippen LogP contribution in [0.15, 0.2) is 35.7 Å². The molecule has 0 aliphatic carbocycles. The molecule has 1 aliphatic rings. The molecule has 0 spiro atoms. The number of hydrogen-bond acceptors (Lipinski definition) is 6. The molecule has 31 heavy (non-hydrogen) atoms. The van der Waals surface area contributed by atoms with Crippen LogP contribution in [-0.4, -0.2) is 40.5 Å². The third kappa shape index (κ3) is 6.66. The molecule has 0 bridgehead atoms. The molecule has 1 aromatic carbocycles. The highest BCUT2D eigenvalue weighted by molar-refractivity contribution is 7.10. The van der Waals surface area contributed by atoms with Crippen LogP contribution in [0.1, 0.15) is 68.0 Å². The fourth-order valence-corrected chi connectivity index (χ4v) is 4.02. The van der Waals surface area contributed by atoms with E-state index in [0.29, 0.717) is 31.9 Å². The van der Waals surface area contributed by atoms with Gasteiger partial charge in [0.1, 0.15) is 23.0 Å². The molecule has 1 amide bonds. The number of ketones is 1. The Bertz CT molecular complexity index is 941. The van der Waals surface area contributed by atoms with Gasteiger partial charge in [0, 0.05) is 30.5 Å². The lowest BCUT2D eigenvalue weighted by molar-refractivity contribution is 0.0270. The Hall–Kier alpha value is -2.67. The summed E-state index contributed by atoms with van der Waals surface area (Å²) in [6.07, 6.45) is 3.92. The van der Waals surface area contributed by atoms with Gasteiger partial charge < -0.3 is 14.4 Å². The Morgan fingerprint density at radius 2 is 1.94 bits per heavy atom. The summed E-state index contributed by atoms with van der Waals surface area (Å²) in [6, 6.07) is 7.27. The molecule has 6 nitrogen and oxygen atoms in total. The largest absolute Gasteiger partial charge is 0.487 e. The van der Waals surface area contributed by atoms with Crippen LogP contribution in [0.2, 0.25) is 0 Å². The highest BCUT2D eigenvalue weighted by Crippen LogP contribution is 2.27. The van der Waals surface area contributed by atoms with E-state index in [4.69, 9.17) is 9.47 Å². The molecule has 3 rings (SSSR count). The average Bonchev–Trinajstić information content (AvgIpc) is 3.21. The quantitative estimate of drug-likeness (QED) is 0.512. The molecule has 0 radical (unpaired) electrons. The van der Waals surface area contributed by atoms with Crippen molar-refractivity contribution in [1.82, 2.24) is 9.88 Å². The topological polar surface area (TPSA) is 68.7 Å². The van der Waals surface area contributed by atoms with Crippen molar-refractivity contribution in [1.29, 1.82) is 0 Å². The van der Waals surface area contributed by atoms with E-state index < -0.39 is 5.60 Å². The van der Waals surface area contributed by atoms with Crippen LogP contribution in [0.3, 0.4) is 0 Å². The summed E-state index contributed by atoms with van der Waals surface area (Å²) in [6.45, 7) is 9.13. The van der Waals surface area contributed by atoms with E-state index in [-0.39, 0.29) is 11.9 Å². The fraction of sp³-hybridized carbons (Fsp3) is 0.458. The Kier molecular flexibility index (Phi) is 7.49. The first kappa shape index (κ1) is 23.0. The van der Waals surface area contributed by atoms with Gasteiger partial charge in [-0.1, -0.05) is 13.0 Å². The molecule has 166 valence electrons. The lowest BCUT2D eigenvalue weighted by Gasteiger charge is -2.29. The highest BCUT2D eigenvalue weighted by Gasteiger charge is 2.24. The standard InChI is InChI=1S/C24H30N2O4S/c1-5-6-21(27)17-7-9-20(10-8-17)29-15-19-16-31-22(25-19)18-11-13-26(14-12-18)23(28)30-24(2,3)4/h7-11,16H,5-6,12-15H2,1-4H3. The second-order valence-electron chi connectivity index (χ2n) is 8.54. The number of carbonyl (C=O) groups excluding carboxylic acids is 2. The minimum absolute atomic E-state index is 0.157. The monoisotopic (exact) mass is 442 g/mol. The van der Waals surface area contributed by atoms with E-state index in [1.807, 2.05) is 63.4 Å². The summed E-state index contributed by atoms with van der Waals surface area (Å²) in [5.41, 5.74) is 2.24. The molecule has 1 aromatic heterocycles. The summed E-state index contributed by atoms with van der Waals surface area (Å²) in [5.74, 6) is 0.872. The van der Waals surface area contributed by atoms with Crippen molar-refractivity contribution in [2.75, 3.05) is 13.1 Å². The number of nitrogens with zero attached hydrogens (tertiary/aromatic N) is 2. The van der Waals surface area contributed by atoms with Crippen molar-refractivity contribution in [2.45, 2.75) is 59.2 Å². The maximum absolute atomic E-state index is 12.2. The van der Waals surface area contributed by atoms with Gasteiger partial charge in [-0.05, 0) is 63.5 Å². The van der Waals surface area contributed by atoms with E-state index >= 15 is 0 Å². The van der Waals surface area contributed by atoms with Crippen LogP contribution < -0.4 is 4.74 Å². The Morgan fingerprint density at radius 3 is 2.55 bits per heavy atom. The number of aromatic nitrogens is 1. The number of rotatable bonds is 7. The van der Waals surface area contributed by atoms with E-state index in [2.05, 4.69) is 4.98 Å². The Morgan fingerprint density at radius 1 is 1.19 bits per heavy atom. The van der Waals surface area contributed by atoms with E-state index in [9.17, 15) is 9.59 Å². The van der Waals surface area contributed by atoms with Gasteiger partial charge in [0.15, 0.2) is 5.78 Å². The molecular formula is C24H30N2O4S. The molecular weight excluding hydrogens is 412 g/mol. The second-order valence-corrected chi connectivity index (χ2v) is 9.39. The normalized spacial score (nSPS) is 14.2. The summed E-state index contributed by atoms with van der Waals surface area (Å²) < 4.78 is 11.3. The van der Waals surface area contributed by atoms with E-state index in [1.54, 1.807) is 16.2 Å². The van der Waals surface area contributed by atoms with Crippen molar-refractivity contribution in [3.05, 3.63) is 52.0 Å². The maximum Gasteiger partial charge on any atom is 0.410 e. The molecule has 0 unspecified atom stereocenters. The molecule has 0 atom stereocenters. The van der Waals surface area contributed by atoms with Crippen LogP contribution >= 0.6 is 11.3 Å². The van der Waals surface area contributed by atoms with Gasteiger partial charge in [-0.25, -0.2) is 9.78 Å². The van der Waals surface area contributed by atoms with E-state index in [1.165, 1.54) is 0 Å². The Balaban J connectivity index is 1.53. The number of Topliss-reactive ketones (excluding diaryl/α,β-unsaturated/α-hetero) is 1. The lowest BCUT2D eigenvalue weighted by Crippen LogP contribution is -2.39. The van der Waals surface area contributed by atoms with Crippen molar-refractivity contribution < 1.29 is 19.1 Å². The number of thiazole rings is 1. The average molecular weight is 443 g/mol. The number of ether oxygens (including phenoxy) is 2. The molecule has 0 N–H and O–H groups in total. The number of carbonyl (C=O) groups is 2. The third-order valence-electron chi connectivity index (χ3n) is 4.73. The zero-order chi connectivity index (χ0) is 22.4. The van der Waals surface area contributed by atoms with E-state index in [0.717, 1.165) is 34.7 Å². The smallest absolute Gasteiger partial charge is 0.410 e. The number of amides is 1. The van der Waals surface area contributed by atoms with Gasteiger partial charge in [-0.2, -0.15) is 0 Å². The van der Waals surface area contributed by atoms with Gasteiger partial charge in [0.2, 0.25) is 0 Å². The van der Waals surface area contributed by atoms with Crippen molar-refractivity contribution in [2.24, 2.45) is 0 Å². The van der Waals surface area contributed by atoms with Gasteiger partial charge in [0.25, 0.3) is 0 Å². The fourth-order valence-electron chi connectivity index (χ4n) is 3.14. The van der Waals surface area contributed by atoms with Crippen LogP contribution in [0, 0.1) is 0 Å². The molecule has 0 saturated heterocycles. The first-order chi connectivity index (χ1) is 14.7. The molecule has 1 aliphatic heterocycles. The minimum atomic E-state index is -0.489. The first-order valence-electron chi connectivity index (χ1n) is 10.6. The second kappa shape index (κ2) is 10.1. The minimum Gasteiger partial charge on any atom is -0.487 e. The summed E-state index contributed by atoms with van der Waals surface area (Å²) in [7, 11) is 0. The zero-order valence-corrected chi connectivity index (χ0v) is 19.5. The van der Waals surface area contributed by atoms with Gasteiger partial charge in [-0.15, -0.1) is 11.3 Å². The highest BCUT2D eigenvalue weighted by atomic mass is 32.1. The third-order valence-corrected chi connectivity index (χ3v) is 5.69. The molecule has 2 aromatic rings. The zero-order valence-electron chi connectivity index (χ0n) is 18.6. The molecule has 2 heterocycles. The first-order valence-corrected chi connectivity index (χ1v) is 11.5. The number of benzene rings is 1. The molecule has 7 heteroatoms. The van der Waals surface area contributed by atoms with Crippen LogP contribution in [0.4, 0.5) is 4.79 Å². The van der Waals surface area contributed by atoms with Gasteiger partial charge >= 0.3 is 6.09 Å². The SMILES string of the molecule is CCCC(=O)c1ccc(OCc2csc(C3=CCN(C(=O)OC(C)(C)C)CC3)n2)cc1. The molecule has 0 fully saturated rings. The summed E-state index contributed by atoms with van der Waals surface area (Å²) >= 11 is 1.58. The van der Waals surface area contributed by atoms with Crippen molar-refractivity contribution in [3.63, 3.8) is 0 Å². The van der Waals surface area contributed by atoms with Crippen LogP contribution in [0.5, 0.6) is 5.75 Å². The molecule has 0 saturated carbocycles. The van der Waals surface area contributed by atoms with Crippen LogP contribution in [0.25, 0.3) is 5.57 Å². The van der Waals surface area contributed by atoms with Crippen molar-refractivity contribution >= 4 is 28.8 Å². The predicted octanol–water partition coefficient (Wildman–Crippen LogP) is 5.73. The lowest BCUT2D eigenvalue weighted by atomic mass is 10.1. The van der Waals surface area contributed by atoms with Crippen LogP contribution in [-0.2, 0) is 11.3 Å². The van der Waals surface area contributed by atoms with Gasteiger partial charge in [-0.3, -0.25) is 4.79 Å². The summed E-state index contributed by atoms with van der Waals surface area (Å²) in [5, 5.41) is 2.96. The predicted molar refractivity (Wildman–Crippen MR) is 123 cm³/mol. The Labute approximate surface area is 187 Å². The summed E-state index contributed by atoms with van der Waals surface area (Å²) in [4.78, 5) is 30.5. The number of hydrogen-bond donors (Lipinski definition) is 0.